The van der Waals surface area contributed by atoms with E-state index >= 15 is 0 Å². The van der Waals surface area contributed by atoms with Crippen molar-refractivity contribution >= 4 is 23.0 Å². The molecule has 0 aliphatic heterocycles. The zero-order valence-corrected chi connectivity index (χ0v) is 16.0. The lowest BCUT2D eigenvalue weighted by Crippen LogP contribution is -2.24. The topological polar surface area (TPSA) is 97.5 Å². The summed E-state index contributed by atoms with van der Waals surface area (Å²) in [5, 5.41) is 10.5. The molecular weight excluding hydrogens is 366 g/mol. The minimum absolute atomic E-state index is 0.000854. The molecule has 1 aliphatic carbocycles. The van der Waals surface area contributed by atoms with Crippen LogP contribution >= 0.6 is 0 Å². The number of ketones is 3. The maximum absolute atomic E-state index is 13.0. The summed E-state index contributed by atoms with van der Waals surface area (Å²) in [5.41, 5.74) is 7.72. The lowest BCUT2D eigenvalue weighted by Gasteiger charge is -2.21. The third-order valence-corrected chi connectivity index (χ3v) is 5.30. The molecule has 0 radical (unpaired) electrons. The largest absolute Gasteiger partial charge is 0.507 e. The zero-order valence-electron chi connectivity index (χ0n) is 16.0. The van der Waals surface area contributed by atoms with Gasteiger partial charge in [0.15, 0.2) is 17.3 Å². The number of phenols is 1. The van der Waals surface area contributed by atoms with Gasteiger partial charge in [0.1, 0.15) is 5.75 Å². The van der Waals surface area contributed by atoms with E-state index in [0.29, 0.717) is 11.5 Å². The van der Waals surface area contributed by atoms with Gasteiger partial charge in [-0.1, -0.05) is 62.4 Å². The Labute approximate surface area is 167 Å². The van der Waals surface area contributed by atoms with E-state index < -0.39 is 23.1 Å². The van der Waals surface area contributed by atoms with Crippen LogP contribution in [0.1, 0.15) is 73.1 Å². The minimum atomic E-state index is -0.486. The Morgan fingerprint density at radius 2 is 1.45 bits per heavy atom. The van der Waals surface area contributed by atoms with Gasteiger partial charge < -0.3 is 10.8 Å². The number of anilines is 1. The van der Waals surface area contributed by atoms with E-state index in [2.05, 4.69) is 13.8 Å². The summed E-state index contributed by atoms with van der Waals surface area (Å²) in [6.45, 7) is 4.10. The number of hydrogen-bond acceptors (Lipinski definition) is 5. The van der Waals surface area contributed by atoms with E-state index in [1.54, 1.807) is 24.3 Å². The van der Waals surface area contributed by atoms with Crippen molar-refractivity contribution in [3.8, 4) is 5.75 Å². The summed E-state index contributed by atoms with van der Waals surface area (Å²) in [6, 6.07) is 14.6. The van der Waals surface area contributed by atoms with Gasteiger partial charge in [-0.25, -0.2) is 0 Å². The Kier molecular flexibility index (Phi) is 4.31. The fraction of sp³-hybridized carbons (Fsp3) is 0.125. The van der Waals surface area contributed by atoms with Crippen LogP contribution in [-0.2, 0) is 0 Å². The molecular formula is C24H19NO4. The Morgan fingerprint density at radius 3 is 2.00 bits per heavy atom. The van der Waals surface area contributed by atoms with Crippen LogP contribution in [0.2, 0.25) is 0 Å². The first-order valence-corrected chi connectivity index (χ1v) is 9.29. The average molecular weight is 385 g/mol. The molecule has 5 nitrogen and oxygen atoms in total. The van der Waals surface area contributed by atoms with Crippen molar-refractivity contribution in [1.29, 1.82) is 0 Å². The standard InChI is InChI=1S/C24H19NO4/c1-12(2)13-7-9-14(10-8-13)22(27)17-11-18(26)19-20(21(17)25)24(29)16-6-4-3-5-15(16)23(19)28/h3-12,26H,25H2,1-2H3. The van der Waals surface area contributed by atoms with Crippen LogP contribution in [0.4, 0.5) is 5.69 Å². The Balaban J connectivity index is 1.86. The maximum Gasteiger partial charge on any atom is 0.198 e. The predicted octanol–water partition coefficient (Wildman–Crippen LogP) is 4.10. The molecule has 4 rings (SSSR count). The number of phenolic OH excluding ortho intramolecular Hbond substituents is 1. The summed E-state index contributed by atoms with van der Waals surface area (Å²) in [4.78, 5) is 38.9. The van der Waals surface area contributed by atoms with Gasteiger partial charge in [-0.2, -0.15) is 0 Å². The SMILES string of the molecule is CC(C)c1ccc(C(=O)c2cc(O)c3c(c2N)C(=O)c2ccccc2C3=O)cc1. The Bertz CT molecular complexity index is 1190. The molecule has 0 bridgehead atoms. The van der Waals surface area contributed by atoms with E-state index in [4.69, 9.17) is 5.73 Å². The first-order chi connectivity index (χ1) is 13.8. The number of fused-ring (bicyclic) bond motifs is 2. The van der Waals surface area contributed by atoms with Crippen LogP contribution in [0.15, 0.2) is 54.6 Å². The molecule has 0 aromatic heterocycles. The highest BCUT2D eigenvalue weighted by atomic mass is 16.3. The average Bonchev–Trinajstić information content (AvgIpc) is 2.72. The molecule has 0 saturated carbocycles. The fourth-order valence-corrected chi connectivity index (χ4v) is 3.66. The van der Waals surface area contributed by atoms with Crippen molar-refractivity contribution in [3.63, 3.8) is 0 Å². The van der Waals surface area contributed by atoms with Crippen LogP contribution in [0.25, 0.3) is 0 Å². The zero-order chi connectivity index (χ0) is 20.9. The summed E-state index contributed by atoms with van der Waals surface area (Å²) in [6.07, 6.45) is 0. The van der Waals surface area contributed by atoms with Crippen molar-refractivity contribution in [2.24, 2.45) is 0 Å². The number of hydrogen-bond donors (Lipinski definition) is 2. The monoisotopic (exact) mass is 385 g/mol. The summed E-state index contributed by atoms with van der Waals surface area (Å²) in [7, 11) is 0. The molecule has 5 heteroatoms. The fourth-order valence-electron chi connectivity index (χ4n) is 3.66. The van der Waals surface area contributed by atoms with Gasteiger partial charge in [0, 0.05) is 22.3 Å². The molecule has 0 amide bonds. The van der Waals surface area contributed by atoms with E-state index in [1.807, 2.05) is 12.1 Å². The lowest BCUT2D eigenvalue weighted by molar-refractivity contribution is 0.0976. The molecule has 0 heterocycles. The number of nitrogens with two attached hydrogens (primary N) is 1. The number of carbonyl (C=O) groups excluding carboxylic acids is 3. The third kappa shape index (κ3) is 2.83. The van der Waals surface area contributed by atoms with Crippen LogP contribution in [-0.4, -0.2) is 22.5 Å². The summed E-state index contributed by atoms with van der Waals surface area (Å²) < 4.78 is 0. The highest BCUT2D eigenvalue weighted by Crippen LogP contribution is 2.38. The van der Waals surface area contributed by atoms with Crippen LogP contribution in [0.5, 0.6) is 5.75 Å². The quantitative estimate of drug-likeness (QED) is 0.314. The van der Waals surface area contributed by atoms with E-state index in [0.717, 1.165) is 5.56 Å². The molecule has 3 aromatic rings. The number of nitrogen functional groups attached to an aromatic ring is 1. The molecule has 0 atom stereocenters. The molecule has 0 fully saturated rings. The molecule has 144 valence electrons. The molecule has 0 unspecified atom stereocenters. The highest BCUT2D eigenvalue weighted by molar-refractivity contribution is 6.32. The first-order valence-electron chi connectivity index (χ1n) is 9.29. The number of rotatable bonds is 3. The number of carbonyl (C=O) groups is 3. The van der Waals surface area contributed by atoms with Crippen molar-refractivity contribution in [2.45, 2.75) is 19.8 Å². The van der Waals surface area contributed by atoms with E-state index in [9.17, 15) is 19.5 Å². The summed E-state index contributed by atoms with van der Waals surface area (Å²) >= 11 is 0. The van der Waals surface area contributed by atoms with Gasteiger partial charge in [-0.3, -0.25) is 14.4 Å². The maximum atomic E-state index is 13.0. The number of aromatic hydroxyl groups is 1. The Hall–Kier alpha value is -3.73. The van der Waals surface area contributed by atoms with E-state index in [-0.39, 0.29) is 33.5 Å². The second-order valence-corrected chi connectivity index (χ2v) is 7.42. The van der Waals surface area contributed by atoms with Crippen LogP contribution < -0.4 is 5.73 Å². The van der Waals surface area contributed by atoms with Crippen molar-refractivity contribution < 1.29 is 19.5 Å². The summed E-state index contributed by atoms with van der Waals surface area (Å²) in [5.74, 6) is -1.49. The third-order valence-electron chi connectivity index (χ3n) is 5.30. The van der Waals surface area contributed by atoms with Gasteiger partial charge >= 0.3 is 0 Å². The second-order valence-electron chi connectivity index (χ2n) is 7.42. The predicted molar refractivity (Wildman–Crippen MR) is 110 cm³/mol. The molecule has 1 aliphatic rings. The van der Waals surface area contributed by atoms with Crippen molar-refractivity contribution in [3.05, 3.63) is 93.5 Å². The van der Waals surface area contributed by atoms with Gasteiger partial charge in [-0.05, 0) is 17.5 Å². The lowest BCUT2D eigenvalue weighted by atomic mass is 9.81. The minimum Gasteiger partial charge on any atom is -0.507 e. The smallest absolute Gasteiger partial charge is 0.198 e. The van der Waals surface area contributed by atoms with Gasteiger partial charge in [0.2, 0.25) is 0 Å². The first kappa shape index (κ1) is 18.6. The second kappa shape index (κ2) is 6.71. The number of benzene rings is 3. The Morgan fingerprint density at radius 1 is 0.897 bits per heavy atom. The van der Waals surface area contributed by atoms with Crippen molar-refractivity contribution in [1.82, 2.24) is 0 Å². The molecule has 0 saturated heterocycles. The molecule has 0 spiro atoms. The highest BCUT2D eigenvalue weighted by Gasteiger charge is 2.35. The molecule has 29 heavy (non-hydrogen) atoms. The van der Waals surface area contributed by atoms with E-state index in [1.165, 1.54) is 18.2 Å². The normalized spacial score (nSPS) is 12.7. The van der Waals surface area contributed by atoms with Crippen LogP contribution in [0.3, 0.4) is 0 Å². The van der Waals surface area contributed by atoms with Crippen molar-refractivity contribution in [2.75, 3.05) is 5.73 Å². The molecule has 3 aromatic carbocycles. The van der Waals surface area contributed by atoms with Gasteiger partial charge in [0.05, 0.1) is 16.8 Å². The van der Waals surface area contributed by atoms with Crippen LogP contribution in [0, 0.1) is 0 Å². The van der Waals surface area contributed by atoms with Gasteiger partial charge in [-0.15, -0.1) is 0 Å². The molecule has 3 N–H and O–H groups in total. The van der Waals surface area contributed by atoms with Gasteiger partial charge in [0.25, 0.3) is 0 Å².